The van der Waals surface area contributed by atoms with Crippen LogP contribution < -0.4 is 9.47 Å². The molecular weight excluding hydrogens is 252 g/mol. The summed E-state index contributed by atoms with van der Waals surface area (Å²) in [6.07, 6.45) is 1.58. The minimum atomic E-state index is -1.05. The number of aliphatic carboxylic acids is 1. The zero-order valence-electron chi connectivity index (χ0n) is 10.6. The summed E-state index contributed by atoms with van der Waals surface area (Å²) < 4.78 is 14.6. The van der Waals surface area contributed by atoms with Gasteiger partial charge in [-0.15, -0.1) is 0 Å². The molecule has 0 unspecified atom stereocenters. The van der Waals surface area contributed by atoms with Crippen LogP contribution in [0.3, 0.4) is 0 Å². The van der Waals surface area contributed by atoms with Crippen LogP contribution in [-0.4, -0.2) is 30.9 Å². The van der Waals surface area contributed by atoms with Crippen LogP contribution in [0.2, 0.25) is 0 Å². The number of rotatable bonds is 5. The van der Waals surface area contributed by atoms with Gasteiger partial charge in [0.15, 0.2) is 11.5 Å². The Morgan fingerprint density at radius 1 is 1.32 bits per heavy atom. The van der Waals surface area contributed by atoms with Gasteiger partial charge in [-0.25, -0.2) is 9.59 Å². The van der Waals surface area contributed by atoms with E-state index >= 15 is 0 Å². The standard InChI is InChI=1S/C13H14O6/c1-3-18-13(16)19-10-6-4-9(5-7-12(14)15)8-11(10)17-2/h4-8H,3H2,1-2H3,(H,14,15)/b7-5-. The summed E-state index contributed by atoms with van der Waals surface area (Å²) in [7, 11) is 1.41. The Balaban J connectivity index is 2.90. The molecule has 0 bridgehead atoms. The van der Waals surface area contributed by atoms with E-state index in [1.54, 1.807) is 19.1 Å². The largest absolute Gasteiger partial charge is 0.513 e. The van der Waals surface area contributed by atoms with E-state index in [0.29, 0.717) is 11.3 Å². The van der Waals surface area contributed by atoms with E-state index in [1.807, 2.05) is 0 Å². The molecule has 0 aliphatic heterocycles. The van der Waals surface area contributed by atoms with E-state index in [2.05, 4.69) is 4.74 Å². The first kappa shape index (κ1) is 14.6. The minimum Gasteiger partial charge on any atom is -0.493 e. The Hall–Kier alpha value is -2.50. The van der Waals surface area contributed by atoms with Crippen molar-refractivity contribution in [2.24, 2.45) is 0 Å². The first-order chi connectivity index (χ1) is 9.06. The average molecular weight is 266 g/mol. The Bertz CT molecular complexity index is 492. The number of carboxylic acids is 1. The third-order valence-electron chi connectivity index (χ3n) is 2.06. The van der Waals surface area contributed by atoms with Crippen molar-refractivity contribution in [1.82, 2.24) is 0 Å². The van der Waals surface area contributed by atoms with Gasteiger partial charge in [-0.05, 0) is 30.7 Å². The molecule has 0 saturated carbocycles. The van der Waals surface area contributed by atoms with Gasteiger partial charge in [-0.1, -0.05) is 6.07 Å². The molecule has 0 aliphatic rings. The predicted octanol–water partition coefficient (Wildman–Crippen LogP) is 2.33. The third-order valence-corrected chi connectivity index (χ3v) is 2.06. The summed E-state index contributed by atoms with van der Waals surface area (Å²) in [5.74, 6) is -0.542. The van der Waals surface area contributed by atoms with Crippen molar-refractivity contribution in [3.05, 3.63) is 29.8 Å². The molecule has 1 N–H and O–H groups in total. The monoisotopic (exact) mass is 266 g/mol. The van der Waals surface area contributed by atoms with Crippen molar-refractivity contribution >= 4 is 18.2 Å². The molecule has 6 nitrogen and oxygen atoms in total. The first-order valence-corrected chi connectivity index (χ1v) is 5.50. The number of hydrogen-bond acceptors (Lipinski definition) is 5. The number of benzene rings is 1. The molecule has 0 fully saturated rings. The molecule has 102 valence electrons. The van der Waals surface area contributed by atoms with Gasteiger partial charge in [0.1, 0.15) is 0 Å². The molecule has 0 spiro atoms. The lowest BCUT2D eigenvalue weighted by Gasteiger charge is -2.09. The minimum absolute atomic E-state index is 0.202. The Kier molecular flexibility index (Phi) is 5.40. The molecular formula is C13H14O6. The van der Waals surface area contributed by atoms with Gasteiger partial charge in [0.25, 0.3) is 0 Å². The lowest BCUT2D eigenvalue weighted by atomic mass is 10.2. The van der Waals surface area contributed by atoms with Gasteiger partial charge in [-0.2, -0.15) is 0 Å². The SMILES string of the molecule is CCOC(=O)Oc1ccc(/C=C\C(=O)O)cc1OC. The lowest BCUT2D eigenvalue weighted by Crippen LogP contribution is -2.10. The maximum Gasteiger partial charge on any atom is 0.513 e. The smallest absolute Gasteiger partial charge is 0.493 e. The van der Waals surface area contributed by atoms with Crippen molar-refractivity contribution in [3.8, 4) is 11.5 Å². The topological polar surface area (TPSA) is 82.1 Å². The van der Waals surface area contributed by atoms with E-state index in [0.717, 1.165) is 6.08 Å². The normalized spacial score (nSPS) is 10.2. The highest BCUT2D eigenvalue weighted by Gasteiger charge is 2.10. The number of methoxy groups -OCH3 is 1. The van der Waals surface area contributed by atoms with Crippen molar-refractivity contribution in [2.75, 3.05) is 13.7 Å². The number of carbonyl (C=O) groups excluding carboxylic acids is 1. The van der Waals surface area contributed by atoms with Gasteiger partial charge in [0.05, 0.1) is 13.7 Å². The highest BCUT2D eigenvalue weighted by atomic mass is 16.7. The second-order valence-corrected chi connectivity index (χ2v) is 3.37. The van der Waals surface area contributed by atoms with Crippen molar-refractivity contribution in [2.45, 2.75) is 6.92 Å². The third kappa shape index (κ3) is 4.71. The molecule has 0 saturated heterocycles. The quantitative estimate of drug-likeness (QED) is 0.500. The highest BCUT2D eigenvalue weighted by Crippen LogP contribution is 2.28. The molecule has 0 heterocycles. The molecule has 6 heteroatoms. The van der Waals surface area contributed by atoms with E-state index in [4.69, 9.17) is 14.6 Å². The van der Waals surface area contributed by atoms with Crippen LogP contribution in [0.4, 0.5) is 4.79 Å². The van der Waals surface area contributed by atoms with E-state index < -0.39 is 12.1 Å². The Labute approximate surface area is 110 Å². The van der Waals surface area contributed by atoms with Crippen LogP contribution in [0, 0.1) is 0 Å². The fraction of sp³-hybridized carbons (Fsp3) is 0.231. The summed E-state index contributed by atoms with van der Waals surface area (Å²) in [5, 5.41) is 8.53. The molecule has 1 aromatic rings. The molecule has 19 heavy (non-hydrogen) atoms. The average Bonchev–Trinajstić information content (AvgIpc) is 2.37. The summed E-state index contributed by atoms with van der Waals surface area (Å²) in [6, 6.07) is 4.64. The maximum atomic E-state index is 11.2. The first-order valence-electron chi connectivity index (χ1n) is 5.50. The molecule has 0 amide bonds. The maximum absolute atomic E-state index is 11.2. The predicted molar refractivity (Wildman–Crippen MR) is 67.3 cm³/mol. The van der Waals surface area contributed by atoms with Crippen LogP contribution in [0.15, 0.2) is 24.3 Å². The summed E-state index contributed by atoms with van der Waals surface area (Å²) in [5.41, 5.74) is 0.607. The second-order valence-electron chi connectivity index (χ2n) is 3.37. The van der Waals surface area contributed by atoms with Crippen LogP contribution in [0.1, 0.15) is 12.5 Å². The Morgan fingerprint density at radius 3 is 2.63 bits per heavy atom. The molecule has 1 rings (SSSR count). The van der Waals surface area contributed by atoms with Crippen LogP contribution >= 0.6 is 0 Å². The van der Waals surface area contributed by atoms with E-state index in [-0.39, 0.29) is 12.4 Å². The lowest BCUT2D eigenvalue weighted by molar-refractivity contribution is -0.131. The second kappa shape index (κ2) is 7.05. The van der Waals surface area contributed by atoms with Gasteiger partial charge in [0.2, 0.25) is 0 Å². The molecule has 0 aliphatic carbocycles. The van der Waals surface area contributed by atoms with Gasteiger partial charge < -0.3 is 19.3 Å². The zero-order chi connectivity index (χ0) is 14.3. The van der Waals surface area contributed by atoms with Crippen LogP contribution in [0.25, 0.3) is 6.08 Å². The van der Waals surface area contributed by atoms with Gasteiger partial charge in [0, 0.05) is 6.08 Å². The van der Waals surface area contributed by atoms with Crippen molar-refractivity contribution in [1.29, 1.82) is 0 Å². The number of carboxylic acid groups (broad SMARTS) is 1. The van der Waals surface area contributed by atoms with E-state index in [9.17, 15) is 9.59 Å². The summed E-state index contributed by atoms with van der Waals surface area (Å²) >= 11 is 0. The van der Waals surface area contributed by atoms with Crippen molar-refractivity contribution < 1.29 is 28.9 Å². The van der Waals surface area contributed by atoms with Crippen LogP contribution in [0.5, 0.6) is 11.5 Å². The number of ether oxygens (including phenoxy) is 3. The Morgan fingerprint density at radius 2 is 2.05 bits per heavy atom. The molecule has 1 aromatic carbocycles. The van der Waals surface area contributed by atoms with Gasteiger partial charge in [-0.3, -0.25) is 0 Å². The molecule has 0 radical (unpaired) electrons. The molecule has 0 aromatic heterocycles. The summed E-state index contributed by atoms with van der Waals surface area (Å²) in [6.45, 7) is 1.87. The van der Waals surface area contributed by atoms with E-state index in [1.165, 1.54) is 19.3 Å². The fourth-order valence-corrected chi connectivity index (χ4v) is 1.28. The number of carbonyl (C=O) groups is 2. The fourth-order valence-electron chi connectivity index (χ4n) is 1.28. The van der Waals surface area contributed by atoms with Gasteiger partial charge >= 0.3 is 12.1 Å². The highest BCUT2D eigenvalue weighted by molar-refractivity contribution is 5.85. The van der Waals surface area contributed by atoms with Crippen LogP contribution in [-0.2, 0) is 9.53 Å². The molecule has 0 atom stereocenters. The zero-order valence-corrected chi connectivity index (χ0v) is 10.6. The number of hydrogen-bond donors (Lipinski definition) is 1. The summed E-state index contributed by atoms with van der Waals surface area (Å²) in [4.78, 5) is 21.6. The van der Waals surface area contributed by atoms with Crippen molar-refractivity contribution in [3.63, 3.8) is 0 Å².